The number of fused-ring (bicyclic) bond motifs is 2. The molecule has 0 aliphatic rings. The van der Waals surface area contributed by atoms with Gasteiger partial charge in [0.05, 0.1) is 22.8 Å². The first kappa shape index (κ1) is 21.1. The summed E-state index contributed by atoms with van der Waals surface area (Å²) in [7, 11) is 0. The van der Waals surface area contributed by atoms with E-state index >= 15 is 0 Å². The molecule has 1 aromatic carbocycles. The summed E-state index contributed by atoms with van der Waals surface area (Å²) in [5, 5.41) is 7.22. The number of benzene rings is 1. The van der Waals surface area contributed by atoms with E-state index in [1.807, 2.05) is 49.4 Å². The highest BCUT2D eigenvalue weighted by atomic mass is 16.1. The number of nitrogens with two attached hydrogens (primary N) is 1. The van der Waals surface area contributed by atoms with Crippen molar-refractivity contribution in [3.8, 4) is 23.1 Å². The standard InChI is InChI=1S/C26H21N7O/c1-3-8-17-11-13-28-20-15-19(22(31-23(17)20)18-9-5-4-6-10-18)16(2)30-26(34)21-24(27)32-33-14-7-12-29-25(21)33/h4-7,9-16H,1-2H3,(H2,27,32)(H,30,34)/t16-/m1/s1. The number of nitrogens with one attached hydrogen (secondary N) is 1. The van der Waals surface area contributed by atoms with Crippen LogP contribution in [-0.2, 0) is 0 Å². The summed E-state index contributed by atoms with van der Waals surface area (Å²) in [4.78, 5) is 26.9. The molecule has 166 valence electrons. The van der Waals surface area contributed by atoms with Crippen LogP contribution in [0.1, 0.15) is 41.4 Å². The quantitative estimate of drug-likeness (QED) is 0.406. The highest BCUT2D eigenvalue weighted by Crippen LogP contribution is 2.30. The maximum atomic E-state index is 13.2. The summed E-state index contributed by atoms with van der Waals surface area (Å²) in [5.41, 5.74) is 11.4. The Morgan fingerprint density at radius 2 is 1.94 bits per heavy atom. The molecule has 5 aromatic rings. The Kier molecular flexibility index (Phi) is 5.36. The summed E-state index contributed by atoms with van der Waals surface area (Å²) in [6.07, 6.45) is 5.01. The molecule has 3 N–H and O–H groups in total. The molecule has 0 fully saturated rings. The second-order valence-electron chi connectivity index (χ2n) is 7.74. The zero-order valence-electron chi connectivity index (χ0n) is 18.6. The fourth-order valence-electron chi connectivity index (χ4n) is 3.95. The Bertz CT molecular complexity index is 1600. The van der Waals surface area contributed by atoms with E-state index in [1.54, 1.807) is 31.6 Å². The van der Waals surface area contributed by atoms with Gasteiger partial charge in [0.1, 0.15) is 11.1 Å². The topological polar surface area (TPSA) is 111 Å². The summed E-state index contributed by atoms with van der Waals surface area (Å²) in [5.74, 6) is 5.79. The smallest absolute Gasteiger partial charge is 0.259 e. The minimum atomic E-state index is -0.402. The van der Waals surface area contributed by atoms with Crippen LogP contribution in [0.25, 0.3) is 27.9 Å². The highest BCUT2D eigenvalue weighted by Gasteiger charge is 2.23. The molecular weight excluding hydrogens is 426 g/mol. The Morgan fingerprint density at radius 3 is 2.74 bits per heavy atom. The van der Waals surface area contributed by atoms with E-state index in [-0.39, 0.29) is 17.3 Å². The lowest BCUT2D eigenvalue weighted by Gasteiger charge is -2.19. The van der Waals surface area contributed by atoms with Crippen LogP contribution >= 0.6 is 0 Å². The molecule has 0 unspecified atom stereocenters. The van der Waals surface area contributed by atoms with Crippen LogP contribution in [-0.4, -0.2) is 30.5 Å². The molecule has 8 heteroatoms. The van der Waals surface area contributed by atoms with Crippen LogP contribution < -0.4 is 11.1 Å². The van der Waals surface area contributed by atoms with Gasteiger partial charge in [0.15, 0.2) is 11.5 Å². The lowest BCUT2D eigenvalue weighted by Crippen LogP contribution is -2.28. The normalized spacial score (nSPS) is 11.7. The van der Waals surface area contributed by atoms with E-state index < -0.39 is 6.04 Å². The van der Waals surface area contributed by atoms with Gasteiger partial charge in [0.25, 0.3) is 5.91 Å². The van der Waals surface area contributed by atoms with Gasteiger partial charge in [0, 0.05) is 29.7 Å². The number of hydrogen-bond donors (Lipinski definition) is 2. The van der Waals surface area contributed by atoms with Gasteiger partial charge in [0.2, 0.25) is 0 Å². The Morgan fingerprint density at radius 1 is 1.12 bits per heavy atom. The van der Waals surface area contributed by atoms with E-state index in [2.05, 4.69) is 32.2 Å². The summed E-state index contributed by atoms with van der Waals surface area (Å²) in [6, 6.07) is 15.0. The number of amides is 1. The van der Waals surface area contributed by atoms with Crippen molar-refractivity contribution < 1.29 is 4.79 Å². The Hall–Kier alpha value is -4.77. The number of aromatic nitrogens is 5. The van der Waals surface area contributed by atoms with Crippen molar-refractivity contribution in [1.29, 1.82) is 0 Å². The van der Waals surface area contributed by atoms with Gasteiger partial charge in [-0.25, -0.2) is 14.5 Å². The fraction of sp³-hybridized carbons (Fsp3) is 0.115. The molecule has 5 rings (SSSR count). The predicted molar refractivity (Wildman–Crippen MR) is 131 cm³/mol. The Labute approximate surface area is 195 Å². The number of rotatable bonds is 4. The van der Waals surface area contributed by atoms with Crippen molar-refractivity contribution in [3.63, 3.8) is 0 Å². The highest BCUT2D eigenvalue weighted by molar-refractivity contribution is 6.04. The zero-order chi connectivity index (χ0) is 23.7. The van der Waals surface area contributed by atoms with Gasteiger partial charge in [-0.05, 0) is 32.0 Å². The first-order chi connectivity index (χ1) is 16.6. The number of anilines is 1. The molecule has 0 aliphatic heterocycles. The average Bonchev–Trinajstić information content (AvgIpc) is 3.20. The lowest BCUT2D eigenvalue weighted by molar-refractivity contribution is 0.0942. The van der Waals surface area contributed by atoms with E-state index in [1.165, 1.54) is 4.52 Å². The van der Waals surface area contributed by atoms with Gasteiger partial charge < -0.3 is 11.1 Å². The van der Waals surface area contributed by atoms with Gasteiger partial charge in [-0.2, -0.15) is 0 Å². The third-order valence-electron chi connectivity index (χ3n) is 5.51. The van der Waals surface area contributed by atoms with Crippen LogP contribution in [0.4, 0.5) is 5.82 Å². The van der Waals surface area contributed by atoms with Gasteiger partial charge in [-0.1, -0.05) is 36.3 Å². The van der Waals surface area contributed by atoms with Crippen molar-refractivity contribution >= 4 is 28.4 Å². The van der Waals surface area contributed by atoms with Crippen molar-refractivity contribution in [2.24, 2.45) is 0 Å². The number of carbonyl (C=O) groups is 1. The molecule has 0 spiro atoms. The van der Waals surface area contributed by atoms with Crippen LogP contribution in [0.3, 0.4) is 0 Å². The lowest BCUT2D eigenvalue weighted by atomic mass is 9.99. The molecule has 0 saturated heterocycles. The van der Waals surface area contributed by atoms with Crippen LogP contribution in [0, 0.1) is 11.8 Å². The minimum Gasteiger partial charge on any atom is -0.381 e. The number of nitrogen functional groups attached to an aromatic ring is 1. The van der Waals surface area contributed by atoms with Crippen molar-refractivity contribution in [2.75, 3.05) is 5.73 Å². The van der Waals surface area contributed by atoms with Crippen molar-refractivity contribution in [2.45, 2.75) is 19.9 Å². The summed E-state index contributed by atoms with van der Waals surface area (Å²) < 4.78 is 1.49. The molecule has 1 atom stereocenters. The molecule has 8 nitrogen and oxygen atoms in total. The van der Waals surface area contributed by atoms with Gasteiger partial charge in [-0.15, -0.1) is 11.0 Å². The van der Waals surface area contributed by atoms with Crippen LogP contribution in [0.2, 0.25) is 0 Å². The maximum Gasteiger partial charge on any atom is 0.259 e. The van der Waals surface area contributed by atoms with Crippen molar-refractivity contribution in [1.82, 2.24) is 29.9 Å². The summed E-state index contributed by atoms with van der Waals surface area (Å²) in [6.45, 7) is 3.69. The number of pyridine rings is 2. The third-order valence-corrected chi connectivity index (χ3v) is 5.51. The van der Waals surface area contributed by atoms with Crippen molar-refractivity contribution in [3.05, 3.63) is 83.8 Å². The monoisotopic (exact) mass is 447 g/mol. The zero-order valence-corrected chi connectivity index (χ0v) is 18.6. The molecular formula is C26H21N7O. The van der Waals surface area contributed by atoms with Crippen LogP contribution in [0.5, 0.6) is 0 Å². The second-order valence-corrected chi connectivity index (χ2v) is 7.74. The number of hydrogen-bond acceptors (Lipinski definition) is 6. The van der Waals surface area contributed by atoms with Crippen LogP contribution in [0.15, 0.2) is 67.1 Å². The molecule has 0 radical (unpaired) electrons. The largest absolute Gasteiger partial charge is 0.381 e. The van der Waals surface area contributed by atoms with E-state index in [4.69, 9.17) is 10.7 Å². The number of carbonyl (C=O) groups excluding carboxylic acids is 1. The molecule has 4 aromatic heterocycles. The molecule has 0 saturated carbocycles. The fourth-order valence-corrected chi connectivity index (χ4v) is 3.95. The second kappa shape index (κ2) is 8.64. The molecule has 0 bridgehead atoms. The summed E-state index contributed by atoms with van der Waals surface area (Å²) >= 11 is 0. The van der Waals surface area contributed by atoms with E-state index in [9.17, 15) is 4.79 Å². The number of nitrogens with zero attached hydrogens (tertiary/aromatic N) is 5. The van der Waals surface area contributed by atoms with E-state index in [0.717, 1.165) is 22.4 Å². The molecule has 1 amide bonds. The van der Waals surface area contributed by atoms with Gasteiger partial charge in [-0.3, -0.25) is 9.78 Å². The maximum absolute atomic E-state index is 13.2. The van der Waals surface area contributed by atoms with Gasteiger partial charge >= 0.3 is 0 Å². The molecule has 4 heterocycles. The minimum absolute atomic E-state index is 0.118. The average molecular weight is 448 g/mol. The predicted octanol–water partition coefficient (Wildman–Crippen LogP) is 3.78. The molecule has 0 aliphatic carbocycles. The first-order valence-corrected chi connectivity index (χ1v) is 10.7. The first-order valence-electron chi connectivity index (χ1n) is 10.7. The Balaban J connectivity index is 1.61. The third kappa shape index (κ3) is 3.69. The van der Waals surface area contributed by atoms with E-state index in [0.29, 0.717) is 16.7 Å². The SMILES string of the molecule is CC#Cc1ccnc2cc([C@@H](C)NC(=O)c3c(N)nn4cccnc34)c(-c3ccccc3)nc12. The molecule has 34 heavy (non-hydrogen) atoms.